The molecule has 2 heterocycles. The lowest BCUT2D eigenvalue weighted by Crippen LogP contribution is -2.52. The zero-order chi connectivity index (χ0) is 20.2. The van der Waals surface area contributed by atoms with E-state index in [9.17, 15) is 14.0 Å². The second-order valence-electron chi connectivity index (χ2n) is 8.15. The average molecular weight is 411 g/mol. The second-order valence-corrected chi connectivity index (χ2v) is 9.44. The Morgan fingerprint density at radius 2 is 1.97 bits per heavy atom. The summed E-state index contributed by atoms with van der Waals surface area (Å²) in [5.74, 6) is 0.570. The van der Waals surface area contributed by atoms with Crippen molar-refractivity contribution in [3.05, 3.63) is 65.0 Å². The first kappa shape index (κ1) is 18.7. The predicted octanol–water partition coefficient (Wildman–Crippen LogP) is 4.21. The van der Waals surface area contributed by atoms with Crippen molar-refractivity contribution < 1.29 is 14.0 Å². The van der Waals surface area contributed by atoms with E-state index < -0.39 is 4.87 Å². The van der Waals surface area contributed by atoms with Gasteiger partial charge in [0, 0.05) is 23.8 Å². The number of carbonyl (C=O) groups excluding carboxylic acids is 2. The third-order valence-corrected chi connectivity index (χ3v) is 7.74. The molecule has 1 aliphatic carbocycles. The lowest BCUT2D eigenvalue weighted by atomic mass is 9.84. The van der Waals surface area contributed by atoms with E-state index >= 15 is 0 Å². The van der Waals surface area contributed by atoms with Crippen LogP contribution in [0, 0.1) is 18.7 Å². The van der Waals surface area contributed by atoms with Crippen molar-refractivity contribution in [3.8, 4) is 0 Å². The molecule has 1 atom stereocenters. The Hall–Kier alpha value is -2.34. The van der Waals surface area contributed by atoms with Gasteiger partial charge in [-0.25, -0.2) is 4.39 Å². The molecule has 2 fully saturated rings. The number of thioether (sulfide) groups is 1. The highest BCUT2D eigenvalue weighted by Gasteiger charge is 2.60. The molecule has 0 aromatic heterocycles. The highest BCUT2D eigenvalue weighted by Crippen LogP contribution is 2.55. The molecule has 1 spiro atoms. The Morgan fingerprint density at radius 3 is 2.66 bits per heavy atom. The third-order valence-electron chi connectivity index (χ3n) is 6.32. The van der Waals surface area contributed by atoms with Crippen molar-refractivity contribution >= 4 is 29.3 Å². The van der Waals surface area contributed by atoms with Crippen LogP contribution in [0.5, 0.6) is 0 Å². The average Bonchev–Trinajstić information content (AvgIpc) is 3.19. The molecule has 2 amide bonds. The number of amides is 2. The topological polar surface area (TPSA) is 40.6 Å². The minimum atomic E-state index is -0.964. The maximum atomic E-state index is 13.9. The summed E-state index contributed by atoms with van der Waals surface area (Å²) in [6.07, 6.45) is 2.93. The number of halogens is 1. The maximum Gasteiger partial charge on any atom is 0.268 e. The number of benzene rings is 2. The zero-order valence-electron chi connectivity index (χ0n) is 16.4. The van der Waals surface area contributed by atoms with Crippen LogP contribution in [0.2, 0.25) is 0 Å². The van der Waals surface area contributed by atoms with Crippen molar-refractivity contribution in [2.75, 3.05) is 17.2 Å². The van der Waals surface area contributed by atoms with Gasteiger partial charge in [-0.1, -0.05) is 36.2 Å². The summed E-state index contributed by atoms with van der Waals surface area (Å²) in [5, 5.41) is 0. The number of aryl methyl sites for hydroxylation is 1. The largest absolute Gasteiger partial charge is 0.315 e. The first-order chi connectivity index (χ1) is 14.0. The monoisotopic (exact) mass is 410 g/mol. The van der Waals surface area contributed by atoms with Crippen LogP contribution in [0.4, 0.5) is 10.1 Å². The Labute approximate surface area is 174 Å². The number of fused-ring (bicyclic) bond motifs is 2. The fraction of sp³-hybridized carbons (Fsp3) is 0.391. The van der Waals surface area contributed by atoms with Gasteiger partial charge in [0.05, 0.1) is 12.2 Å². The maximum absolute atomic E-state index is 13.9. The molecular weight excluding hydrogens is 387 g/mol. The van der Waals surface area contributed by atoms with Gasteiger partial charge in [-0.2, -0.15) is 0 Å². The highest BCUT2D eigenvalue weighted by molar-refractivity contribution is 8.01. The molecule has 2 aromatic carbocycles. The number of rotatable bonds is 3. The third kappa shape index (κ3) is 2.80. The Balaban J connectivity index is 1.57. The summed E-state index contributed by atoms with van der Waals surface area (Å²) >= 11 is 1.57. The number of anilines is 1. The minimum Gasteiger partial charge on any atom is -0.315 e. The smallest absolute Gasteiger partial charge is 0.268 e. The molecule has 5 rings (SSSR count). The molecule has 0 unspecified atom stereocenters. The first-order valence-corrected chi connectivity index (χ1v) is 11.1. The van der Waals surface area contributed by atoms with Crippen molar-refractivity contribution in [1.82, 2.24) is 4.90 Å². The molecule has 6 heteroatoms. The van der Waals surface area contributed by atoms with Gasteiger partial charge in [-0.05, 0) is 43.5 Å². The first-order valence-electron chi connectivity index (χ1n) is 10.1. The highest BCUT2D eigenvalue weighted by atomic mass is 32.2. The molecule has 3 aliphatic rings. The van der Waals surface area contributed by atoms with Crippen LogP contribution in [0.1, 0.15) is 36.0 Å². The van der Waals surface area contributed by atoms with Crippen molar-refractivity contribution in [1.29, 1.82) is 0 Å². The predicted molar refractivity (Wildman–Crippen MR) is 112 cm³/mol. The molecule has 1 saturated carbocycles. The SMILES string of the molecule is Cc1ccc2c(c1)[C@]1(SCCN1C(=O)C1CCC1)C(=O)N2Cc1ccc(F)cc1. The normalized spacial score (nSPS) is 23.6. The summed E-state index contributed by atoms with van der Waals surface area (Å²) < 4.78 is 13.3. The van der Waals surface area contributed by atoms with E-state index in [4.69, 9.17) is 0 Å². The number of carbonyl (C=O) groups is 2. The molecule has 0 bridgehead atoms. The standard InChI is InChI=1S/C23H23FN2O2S/c1-15-5-10-20-19(13-15)23(26(11-12-29-23)21(27)17-3-2-4-17)22(28)25(20)14-16-6-8-18(24)9-7-16/h5-10,13,17H,2-4,11-12,14H2,1H3/t23-/m0/s1. The van der Waals surface area contributed by atoms with E-state index in [2.05, 4.69) is 6.07 Å². The quantitative estimate of drug-likeness (QED) is 0.761. The van der Waals surface area contributed by atoms with Gasteiger partial charge in [0.25, 0.3) is 5.91 Å². The van der Waals surface area contributed by atoms with Gasteiger partial charge >= 0.3 is 0 Å². The van der Waals surface area contributed by atoms with Crippen LogP contribution >= 0.6 is 11.8 Å². The number of hydrogen-bond donors (Lipinski definition) is 0. The van der Waals surface area contributed by atoms with E-state index in [0.717, 1.165) is 47.4 Å². The molecular formula is C23H23FN2O2S. The van der Waals surface area contributed by atoms with E-state index in [1.807, 2.05) is 24.0 Å². The summed E-state index contributed by atoms with van der Waals surface area (Å²) in [7, 11) is 0. The molecule has 29 heavy (non-hydrogen) atoms. The summed E-state index contributed by atoms with van der Waals surface area (Å²) in [4.78, 5) is 29.7. The molecule has 2 aromatic rings. The molecule has 2 aliphatic heterocycles. The van der Waals surface area contributed by atoms with Gasteiger partial charge in [0.15, 0.2) is 4.87 Å². The van der Waals surface area contributed by atoms with E-state index in [1.165, 1.54) is 12.1 Å². The van der Waals surface area contributed by atoms with E-state index in [-0.39, 0.29) is 23.5 Å². The second kappa shape index (κ2) is 6.87. The van der Waals surface area contributed by atoms with Crippen LogP contribution in [0.25, 0.3) is 0 Å². The zero-order valence-corrected chi connectivity index (χ0v) is 17.2. The van der Waals surface area contributed by atoms with Crippen LogP contribution < -0.4 is 4.90 Å². The van der Waals surface area contributed by atoms with E-state index in [0.29, 0.717) is 13.1 Å². The van der Waals surface area contributed by atoms with Crippen LogP contribution in [0.15, 0.2) is 42.5 Å². The Morgan fingerprint density at radius 1 is 1.21 bits per heavy atom. The van der Waals surface area contributed by atoms with Crippen molar-refractivity contribution in [2.45, 2.75) is 37.6 Å². The van der Waals surface area contributed by atoms with Gasteiger partial charge in [-0.15, -0.1) is 11.8 Å². The molecule has 4 nitrogen and oxygen atoms in total. The van der Waals surface area contributed by atoms with Gasteiger partial charge < -0.3 is 9.80 Å². The summed E-state index contributed by atoms with van der Waals surface area (Å²) in [5.41, 5.74) is 3.71. The fourth-order valence-corrected chi connectivity index (χ4v) is 6.01. The van der Waals surface area contributed by atoms with Crippen molar-refractivity contribution in [3.63, 3.8) is 0 Å². The summed E-state index contributed by atoms with van der Waals surface area (Å²) in [6.45, 7) is 2.98. The Kier molecular flexibility index (Phi) is 4.42. The molecule has 0 N–H and O–H groups in total. The lowest BCUT2D eigenvalue weighted by Gasteiger charge is -2.37. The fourth-order valence-electron chi connectivity index (χ4n) is 4.55. The lowest BCUT2D eigenvalue weighted by molar-refractivity contribution is -0.145. The van der Waals surface area contributed by atoms with Crippen LogP contribution in [-0.2, 0) is 21.0 Å². The summed E-state index contributed by atoms with van der Waals surface area (Å²) in [6, 6.07) is 12.3. The minimum absolute atomic E-state index is 0.0535. The molecule has 0 radical (unpaired) electrons. The Bertz CT molecular complexity index is 989. The molecule has 150 valence electrons. The van der Waals surface area contributed by atoms with Gasteiger partial charge in [-0.3, -0.25) is 9.59 Å². The number of nitrogens with zero attached hydrogens (tertiary/aromatic N) is 2. The van der Waals surface area contributed by atoms with E-state index in [1.54, 1.807) is 28.8 Å². The van der Waals surface area contributed by atoms with Crippen molar-refractivity contribution in [2.24, 2.45) is 5.92 Å². The number of hydrogen-bond acceptors (Lipinski definition) is 3. The molecule has 1 saturated heterocycles. The van der Waals surface area contributed by atoms with Crippen LogP contribution in [-0.4, -0.2) is 29.0 Å². The van der Waals surface area contributed by atoms with Gasteiger partial charge in [0.2, 0.25) is 5.91 Å². The van der Waals surface area contributed by atoms with Gasteiger partial charge in [0.1, 0.15) is 5.82 Å². The van der Waals surface area contributed by atoms with Crippen LogP contribution in [0.3, 0.4) is 0 Å².